The lowest BCUT2D eigenvalue weighted by Crippen LogP contribution is -2.37. The lowest BCUT2D eigenvalue weighted by Gasteiger charge is -2.31. The zero-order valence-electron chi connectivity index (χ0n) is 10.8. The quantitative estimate of drug-likeness (QED) is 0.864. The molecule has 0 bridgehead atoms. The van der Waals surface area contributed by atoms with Crippen LogP contribution < -0.4 is 4.90 Å². The summed E-state index contributed by atoms with van der Waals surface area (Å²) in [7, 11) is 1.62. The third-order valence-electron chi connectivity index (χ3n) is 2.79. The maximum atomic E-state index is 11.3. The molecule has 0 saturated heterocycles. The fourth-order valence-corrected chi connectivity index (χ4v) is 2.28. The molecule has 1 unspecified atom stereocenters. The summed E-state index contributed by atoms with van der Waals surface area (Å²) < 4.78 is 5.12. The Morgan fingerprint density at radius 2 is 2.22 bits per heavy atom. The Kier molecular flexibility index (Phi) is 5.44. The number of ether oxygens (including phenoxy) is 1. The van der Waals surface area contributed by atoms with Crippen molar-refractivity contribution in [2.24, 2.45) is 0 Å². The first kappa shape index (κ1) is 14.8. The lowest BCUT2D eigenvalue weighted by molar-refractivity contribution is 0.0697. The van der Waals surface area contributed by atoms with E-state index in [1.807, 2.05) is 18.7 Å². The standard InChI is InChI=1S/C13H18ClNO3/c1-4-15(9(2)8-18-3)12-10(13(16)17)6-5-7-11(12)14/h5-7,9H,4,8H2,1-3H3,(H,16,17). The highest BCUT2D eigenvalue weighted by molar-refractivity contribution is 6.34. The van der Waals surface area contributed by atoms with E-state index in [9.17, 15) is 9.90 Å². The van der Waals surface area contributed by atoms with Gasteiger partial charge in [-0.3, -0.25) is 0 Å². The number of hydrogen-bond acceptors (Lipinski definition) is 3. The molecule has 0 aromatic heterocycles. The van der Waals surface area contributed by atoms with Gasteiger partial charge in [-0.15, -0.1) is 0 Å². The number of benzene rings is 1. The molecule has 0 aliphatic heterocycles. The number of nitrogens with zero attached hydrogens (tertiary/aromatic N) is 1. The van der Waals surface area contributed by atoms with Gasteiger partial charge in [0.15, 0.2) is 0 Å². The van der Waals surface area contributed by atoms with Crippen LogP contribution in [0.1, 0.15) is 24.2 Å². The normalized spacial score (nSPS) is 12.2. The van der Waals surface area contributed by atoms with E-state index in [1.165, 1.54) is 0 Å². The van der Waals surface area contributed by atoms with Crippen LogP contribution in [0.3, 0.4) is 0 Å². The molecule has 0 spiro atoms. The Balaban J connectivity index is 3.23. The molecule has 0 aliphatic carbocycles. The van der Waals surface area contributed by atoms with E-state index in [0.29, 0.717) is 23.9 Å². The number of para-hydroxylation sites is 1. The van der Waals surface area contributed by atoms with E-state index in [-0.39, 0.29) is 11.6 Å². The van der Waals surface area contributed by atoms with Gasteiger partial charge in [-0.2, -0.15) is 0 Å². The van der Waals surface area contributed by atoms with Gasteiger partial charge >= 0.3 is 5.97 Å². The van der Waals surface area contributed by atoms with Gasteiger partial charge in [0.25, 0.3) is 0 Å². The van der Waals surface area contributed by atoms with Crippen molar-refractivity contribution in [3.63, 3.8) is 0 Å². The van der Waals surface area contributed by atoms with Gasteiger partial charge in [0.1, 0.15) is 0 Å². The predicted octanol–water partition coefficient (Wildman–Crippen LogP) is 2.90. The van der Waals surface area contributed by atoms with Gasteiger partial charge in [0, 0.05) is 19.7 Å². The second kappa shape index (κ2) is 6.61. The molecule has 1 N–H and O–H groups in total. The summed E-state index contributed by atoms with van der Waals surface area (Å²) in [6.45, 7) is 5.11. The van der Waals surface area contributed by atoms with Crippen LogP contribution in [0, 0.1) is 0 Å². The summed E-state index contributed by atoms with van der Waals surface area (Å²) in [6, 6.07) is 4.96. The highest BCUT2D eigenvalue weighted by atomic mass is 35.5. The molecule has 0 heterocycles. The summed E-state index contributed by atoms with van der Waals surface area (Å²) in [5.41, 5.74) is 0.769. The largest absolute Gasteiger partial charge is 0.478 e. The first-order valence-corrected chi connectivity index (χ1v) is 6.18. The summed E-state index contributed by atoms with van der Waals surface area (Å²) in [6.07, 6.45) is 0. The fraction of sp³-hybridized carbons (Fsp3) is 0.462. The van der Waals surface area contributed by atoms with E-state index in [1.54, 1.807) is 25.3 Å². The van der Waals surface area contributed by atoms with Crippen LogP contribution in [-0.4, -0.2) is 37.4 Å². The van der Waals surface area contributed by atoms with Crippen molar-refractivity contribution in [2.45, 2.75) is 19.9 Å². The van der Waals surface area contributed by atoms with Crippen LogP contribution >= 0.6 is 11.6 Å². The van der Waals surface area contributed by atoms with E-state index < -0.39 is 5.97 Å². The molecular formula is C13H18ClNO3. The van der Waals surface area contributed by atoms with E-state index in [2.05, 4.69) is 0 Å². The highest BCUT2D eigenvalue weighted by Gasteiger charge is 2.21. The molecule has 0 aliphatic rings. The van der Waals surface area contributed by atoms with Crippen LogP contribution in [-0.2, 0) is 4.74 Å². The van der Waals surface area contributed by atoms with E-state index in [4.69, 9.17) is 16.3 Å². The van der Waals surface area contributed by atoms with Crippen LogP contribution in [0.4, 0.5) is 5.69 Å². The van der Waals surface area contributed by atoms with Crippen LogP contribution in [0.2, 0.25) is 5.02 Å². The number of carboxylic acid groups (broad SMARTS) is 1. The maximum absolute atomic E-state index is 11.3. The topological polar surface area (TPSA) is 49.8 Å². The van der Waals surface area contributed by atoms with Crippen molar-refractivity contribution >= 4 is 23.3 Å². The Morgan fingerprint density at radius 3 is 2.72 bits per heavy atom. The van der Waals surface area contributed by atoms with Gasteiger partial charge in [-0.05, 0) is 26.0 Å². The van der Waals surface area contributed by atoms with Crippen molar-refractivity contribution in [3.8, 4) is 0 Å². The average molecular weight is 272 g/mol. The lowest BCUT2D eigenvalue weighted by atomic mass is 10.1. The minimum absolute atomic E-state index is 0.0537. The molecule has 1 rings (SSSR count). The maximum Gasteiger partial charge on any atom is 0.337 e. The Labute approximate surface area is 112 Å². The smallest absolute Gasteiger partial charge is 0.337 e. The summed E-state index contributed by atoms with van der Waals surface area (Å²) in [4.78, 5) is 13.2. The summed E-state index contributed by atoms with van der Waals surface area (Å²) in [5, 5.41) is 9.67. The number of methoxy groups -OCH3 is 1. The van der Waals surface area contributed by atoms with Crippen LogP contribution in [0.15, 0.2) is 18.2 Å². The number of hydrogen-bond donors (Lipinski definition) is 1. The van der Waals surface area contributed by atoms with Crippen LogP contribution in [0.5, 0.6) is 0 Å². The zero-order chi connectivity index (χ0) is 13.7. The van der Waals surface area contributed by atoms with Gasteiger partial charge in [0.05, 0.1) is 22.9 Å². The van der Waals surface area contributed by atoms with Crippen molar-refractivity contribution in [2.75, 3.05) is 25.2 Å². The summed E-state index contributed by atoms with van der Waals surface area (Å²) >= 11 is 6.15. The minimum atomic E-state index is -0.976. The van der Waals surface area contributed by atoms with Crippen molar-refractivity contribution < 1.29 is 14.6 Å². The van der Waals surface area contributed by atoms with Crippen LogP contribution in [0.25, 0.3) is 0 Å². The molecule has 0 amide bonds. The number of rotatable bonds is 6. The summed E-state index contributed by atoms with van der Waals surface area (Å²) in [5.74, 6) is -0.976. The van der Waals surface area contributed by atoms with Gasteiger partial charge in [-0.1, -0.05) is 17.7 Å². The molecule has 1 atom stereocenters. The Morgan fingerprint density at radius 1 is 1.56 bits per heavy atom. The van der Waals surface area contributed by atoms with Gasteiger partial charge < -0.3 is 14.7 Å². The monoisotopic (exact) mass is 271 g/mol. The number of anilines is 1. The third-order valence-corrected chi connectivity index (χ3v) is 3.09. The van der Waals surface area contributed by atoms with Crippen molar-refractivity contribution in [3.05, 3.63) is 28.8 Å². The fourth-order valence-electron chi connectivity index (χ4n) is 2.00. The molecule has 4 nitrogen and oxygen atoms in total. The third kappa shape index (κ3) is 3.15. The van der Waals surface area contributed by atoms with E-state index >= 15 is 0 Å². The minimum Gasteiger partial charge on any atom is -0.478 e. The number of aromatic carboxylic acids is 1. The Hall–Kier alpha value is -1.26. The number of carboxylic acids is 1. The molecule has 100 valence electrons. The zero-order valence-corrected chi connectivity index (χ0v) is 11.6. The first-order chi connectivity index (χ1) is 8.52. The predicted molar refractivity (Wildman–Crippen MR) is 72.8 cm³/mol. The van der Waals surface area contributed by atoms with Crippen molar-refractivity contribution in [1.29, 1.82) is 0 Å². The number of carbonyl (C=O) groups is 1. The molecule has 0 saturated carbocycles. The SMILES string of the molecule is CCN(c1c(Cl)cccc1C(=O)O)C(C)COC. The first-order valence-electron chi connectivity index (χ1n) is 5.80. The molecule has 1 aromatic rings. The Bertz CT molecular complexity index is 423. The van der Waals surface area contributed by atoms with Crippen molar-refractivity contribution in [1.82, 2.24) is 0 Å². The van der Waals surface area contributed by atoms with Gasteiger partial charge in [-0.25, -0.2) is 4.79 Å². The average Bonchev–Trinajstić information content (AvgIpc) is 2.32. The second-order valence-electron chi connectivity index (χ2n) is 4.03. The molecule has 1 aromatic carbocycles. The number of likely N-dealkylation sites (N-methyl/N-ethyl adjacent to an activating group) is 1. The van der Waals surface area contributed by atoms with Gasteiger partial charge in [0.2, 0.25) is 0 Å². The molecule has 18 heavy (non-hydrogen) atoms. The molecule has 0 fully saturated rings. The molecular weight excluding hydrogens is 254 g/mol. The number of halogens is 1. The molecule has 5 heteroatoms. The van der Waals surface area contributed by atoms with E-state index in [0.717, 1.165) is 0 Å². The molecule has 0 radical (unpaired) electrons. The second-order valence-corrected chi connectivity index (χ2v) is 4.44. The highest BCUT2D eigenvalue weighted by Crippen LogP contribution is 2.31.